The Hall–Kier alpha value is -0.350. The van der Waals surface area contributed by atoms with Gasteiger partial charge in [-0.15, -0.1) is 11.3 Å². The summed E-state index contributed by atoms with van der Waals surface area (Å²) in [5, 5.41) is 3.17. The highest BCUT2D eigenvalue weighted by Gasteiger charge is 2.00. The summed E-state index contributed by atoms with van der Waals surface area (Å²) in [5.41, 5.74) is 1.42. The lowest BCUT2D eigenvalue weighted by molar-refractivity contribution is -0.141. The molecular formula is C18H28BrO2S. The Morgan fingerprint density at radius 2 is 1.59 bits per heavy atom. The summed E-state index contributed by atoms with van der Waals surface area (Å²) < 4.78 is 6.17. The Labute approximate surface area is 147 Å². The smallest absolute Gasteiger partial charge is 0.302 e. The van der Waals surface area contributed by atoms with Gasteiger partial charge in [-0.1, -0.05) is 51.4 Å². The molecule has 0 spiro atoms. The monoisotopic (exact) mass is 387 g/mol. The maximum absolute atomic E-state index is 10.6. The van der Waals surface area contributed by atoms with Crippen molar-refractivity contribution in [3.63, 3.8) is 0 Å². The summed E-state index contributed by atoms with van der Waals surface area (Å²) in [6.45, 7) is 2.06. The molecule has 22 heavy (non-hydrogen) atoms. The van der Waals surface area contributed by atoms with Gasteiger partial charge in [0.1, 0.15) is 0 Å². The van der Waals surface area contributed by atoms with E-state index < -0.39 is 0 Å². The van der Waals surface area contributed by atoms with Gasteiger partial charge in [-0.05, 0) is 46.8 Å². The lowest BCUT2D eigenvalue weighted by Gasteiger charge is -2.03. The third kappa shape index (κ3) is 10.4. The minimum Gasteiger partial charge on any atom is -0.466 e. The molecule has 0 saturated carbocycles. The zero-order chi connectivity index (χ0) is 16.0. The molecule has 0 N–H and O–H groups in total. The average Bonchev–Trinajstić information content (AvgIpc) is 2.89. The van der Waals surface area contributed by atoms with Crippen LogP contribution in [0.1, 0.15) is 76.7 Å². The number of rotatable bonds is 13. The van der Waals surface area contributed by atoms with Crippen molar-refractivity contribution in [1.29, 1.82) is 0 Å². The molecule has 2 nitrogen and oxygen atoms in total. The molecule has 0 unspecified atom stereocenters. The lowest BCUT2D eigenvalue weighted by Crippen LogP contribution is -2.00. The van der Waals surface area contributed by atoms with Gasteiger partial charge < -0.3 is 4.74 Å². The molecule has 0 saturated heterocycles. The number of ether oxygens (including phenoxy) is 1. The first kappa shape index (κ1) is 19.7. The summed E-state index contributed by atoms with van der Waals surface area (Å²) in [6, 6.07) is 2.11. The van der Waals surface area contributed by atoms with Crippen molar-refractivity contribution in [2.75, 3.05) is 6.61 Å². The highest BCUT2D eigenvalue weighted by atomic mass is 79.9. The fourth-order valence-corrected chi connectivity index (χ4v) is 3.68. The molecule has 1 aromatic rings. The van der Waals surface area contributed by atoms with Crippen molar-refractivity contribution >= 4 is 33.2 Å². The first-order valence-electron chi connectivity index (χ1n) is 8.48. The van der Waals surface area contributed by atoms with E-state index in [-0.39, 0.29) is 5.97 Å². The van der Waals surface area contributed by atoms with E-state index in [4.69, 9.17) is 4.74 Å². The Morgan fingerprint density at radius 1 is 1.05 bits per heavy atom. The molecule has 0 fully saturated rings. The van der Waals surface area contributed by atoms with Gasteiger partial charge in [-0.3, -0.25) is 4.79 Å². The highest BCUT2D eigenvalue weighted by Crippen LogP contribution is 2.24. The quantitative estimate of drug-likeness (QED) is 0.292. The van der Waals surface area contributed by atoms with Gasteiger partial charge in [0.2, 0.25) is 0 Å². The molecule has 0 atom stereocenters. The molecular weight excluding hydrogens is 360 g/mol. The van der Waals surface area contributed by atoms with Crippen LogP contribution in [0, 0.1) is 5.38 Å². The molecule has 0 bridgehead atoms. The highest BCUT2D eigenvalue weighted by molar-refractivity contribution is 9.11. The first-order chi connectivity index (χ1) is 10.7. The van der Waals surface area contributed by atoms with Crippen LogP contribution >= 0.6 is 27.3 Å². The van der Waals surface area contributed by atoms with Crippen LogP contribution in [0.15, 0.2) is 9.85 Å². The van der Waals surface area contributed by atoms with Crippen molar-refractivity contribution in [3.8, 4) is 0 Å². The Bertz CT molecular complexity index is 404. The van der Waals surface area contributed by atoms with Gasteiger partial charge in [0, 0.05) is 12.3 Å². The van der Waals surface area contributed by atoms with Crippen molar-refractivity contribution in [3.05, 3.63) is 20.8 Å². The van der Waals surface area contributed by atoms with E-state index in [0.717, 1.165) is 6.42 Å². The van der Waals surface area contributed by atoms with Crippen LogP contribution in [0.3, 0.4) is 0 Å². The number of hydrogen-bond acceptors (Lipinski definition) is 3. The van der Waals surface area contributed by atoms with E-state index >= 15 is 0 Å². The van der Waals surface area contributed by atoms with Crippen molar-refractivity contribution in [2.24, 2.45) is 0 Å². The minimum absolute atomic E-state index is 0.163. The van der Waals surface area contributed by atoms with E-state index in [2.05, 4.69) is 27.4 Å². The maximum Gasteiger partial charge on any atom is 0.302 e. The molecule has 1 rings (SSSR count). The van der Waals surface area contributed by atoms with Crippen LogP contribution < -0.4 is 0 Å². The number of hydrogen-bond donors (Lipinski definition) is 0. The molecule has 0 aliphatic rings. The van der Waals surface area contributed by atoms with Gasteiger partial charge in [-0.25, -0.2) is 0 Å². The molecule has 1 aromatic heterocycles. The van der Waals surface area contributed by atoms with Gasteiger partial charge in [-0.2, -0.15) is 0 Å². The number of esters is 1. The predicted octanol–water partition coefficient (Wildman–Crippen LogP) is 6.32. The second-order valence-corrected chi connectivity index (χ2v) is 7.95. The molecule has 0 amide bonds. The minimum atomic E-state index is -0.163. The van der Waals surface area contributed by atoms with E-state index in [1.165, 1.54) is 80.5 Å². The van der Waals surface area contributed by atoms with Crippen LogP contribution in [-0.2, 0) is 16.0 Å². The van der Waals surface area contributed by atoms with Crippen LogP contribution in [0.4, 0.5) is 0 Å². The third-order valence-electron chi connectivity index (χ3n) is 3.78. The number of thiophene rings is 1. The fourth-order valence-electron chi connectivity index (χ4n) is 2.49. The third-order valence-corrected chi connectivity index (χ3v) is 5.45. The summed E-state index contributed by atoms with van der Waals surface area (Å²) in [4.78, 5) is 10.6. The summed E-state index contributed by atoms with van der Waals surface area (Å²) in [7, 11) is 0. The van der Waals surface area contributed by atoms with Gasteiger partial charge in [0.15, 0.2) is 0 Å². The van der Waals surface area contributed by atoms with Crippen LogP contribution in [0.25, 0.3) is 0 Å². The van der Waals surface area contributed by atoms with E-state index in [0.29, 0.717) is 6.61 Å². The summed E-state index contributed by atoms with van der Waals surface area (Å²) in [5.74, 6) is -0.163. The zero-order valence-corrected chi connectivity index (χ0v) is 16.1. The molecule has 4 heteroatoms. The normalized spacial score (nSPS) is 10.8. The Morgan fingerprint density at radius 3 is 2.09 bits per heavy atom. The molecule has 125 valence electrons. The Kier molecular flexibility index (Phi) is 11.7. The SMILES string of the molecule is CC(=O)OCCCCCCCCCCCCc1c[c]sc1Br. The van der Waals surface area contributed by atoms with E-state index in [1.807, 2.05) is 0 Å². The van der Waals surface area contributed by atoms with Crippen molar-refractivity contribution in [1.82, 2.24) is 0 Å². The molecule has 0 aromatic carbocycles. The lowest BCUT2D eigenvalue weighted by atomic mass is 10.0. The molecule has 1 heterocycles. The zero-order valence-electron chi connectivity index (χ0n) is 13.7. The number of halogens is 1. The van der Waals surface area contributed by atoms with Crippen molar-refractivity contribution < 1.29 is 9.53 Å². The number of carbonyl (C=O) groups is 1. The Balaban J connectivity index is 1.77. The summed E-state index contributed by atoms with van der Waals surface area (Å²) >= 11 is 5.23. The second kappa shape index (κ2) is 13.1. The van der Waals surface area contributed by atoms with Gasteiger partial charge >= 0.3 is 5.97 Å². The van der Waals surface area contributed by atoms with E-state index in [1.54, 1.807) is 11.3 Å². The standard InChI is InChI=1S/C18H28BrO2S/c1-16(20)21-14-11-9-7-5-3-2-4-6-8-10-12-17-13-15-22-18(17)19/h13H,2-12,14H2,1H3. The second-order valence-electron chi connectivity index (χ2n) is 5.79. The molecule has 1 radical (unpaired) electrons. The van der Waals surface area contributed by atoms with Crippen LogP contribution in [0.2, 0.25) is 0 Å². The maximum atomic E-state index is 10.6. The predicted molar refractivity (Wildman–Crippen MR) is 97.4 cm³/mol. The van der Waals surface area contributed by atoms with Crippen LogP contribution in [0.5, 0.6) is 0 Å². The average molecular weight is 388 g/mol. The van der Waals surface area contributed by atoms with E-state index in [9.17, 15) is 4.79 Å². The first-order valence-corrected chi connectivity index (χ1v) is 10.1. The number of unbranched alkanes of at least 4 members (excludes halogenated alkanes) is 9. The van der Waals surface area contributed by atoms with Gasteiger partial charge in [0.25, 0.3) is 0 Å². The number of aryl methyl sites for hydroxylation is 1. The summed E-state index contributed by atoms with van der Waals surface area (Å²) in [6.07, 6.45) is 14.0. The van der Waals surface area contributed by atoms with Gasteiger partial charge in [0.05, 0.1) is 10.4 Å². The molecule has 0 aliphatic heterocycles. The topological polar surface area (TPSA) is 26.3 Å². The number of carbonyl (C=O) groups excluding carboxylic acids is 1. The largest absolute Gasteiger partial charge is 0.466 e. The van der Waals surface area contributed by atoms with Crippen LogP contribution in [-0.4, -0.2) is 12.6 Å². The molecule has 0 aliphatic carbocycles. The fraction of sp³-hybridized carbons (Fsp3) is 0.722. The van der Waals surface area contributed by atoms with Crippen molar-refractivity contribution in [2.45, 2.75) is 77.6 Å².